The van der Waals surface area contributed by atoms with Gasteiger partial charge in [-0.1, -0.05) is 26.0 Å². The molecular formula is C26H27F2N3O3S. The van der Waals surface area contributed by atoms with Gasteiger partial charge in [0.15, 0.2) is 27.2 Å². The highest BCUT2D eigenvalue weighted by atomic mass is 32.2. The molecule has 2 fully saturated rings. The molecule has 1 unspecified atom stereocenters. The molecule has 1 saturated carbocycles. The summed E-state index contributed by atoms with van der Waals surface area (Å²) in [5.41, 5.74) is 1.94. The van der Waals surface area contributed by atoms with Crippen LogP contribution in [0, 0.1) is 29.4 Å². The molecule has 1 saturated heterocycles. The number of aromatic nitrogens is 2. The molecule has 1 aliphatic heterocycles. The third kappa shape index (κ3) is 4.61. The van der Waals surface area contributed by atoms with Crippen LogP contribution in [0.4, 0.5) is 14.7 Å². The third-order valence-electron chi connectivity index (χ3n) is 7.10. The van der Waals surface area contributed by atoms with Gasteiger partial charge >= 0.3 is 0 Å². The van der Waals surface area contributed by atoms with E-state index in [1.807, 2.05) is 12.4 Å². The van der Waals surface area contributed by atoms with Crippen molar-refractivity contribution in [1.82, 2.24) is 9.97 Å². The van der Waals surface area contributed by atoms with Crippen molar-refractivity contribution in [3.8, 4) is 16.9 Å². The predicted octanol–water partition coefficient (Wildman–Crippen LogP) is 4.54. The second-order valence-electron chi connectivity index (χ2n) is 9.15. The van der Waals surface area contributed by atoms with Crippen molar-refractivity contribution < 1.29 is 21.9 Å². The lowest BCUT2D eigenvalue weighted by molar-refractivity contribution is 0.257. The molecule has 1 aromatic heterocycles. The van der Waals surface area contributed by atoms with Crippen molar-refractivity contribution in [1.29, 1.82) is 0 Å². The van der Waals surface area contributed by atoms with E-state index in [4.69, 9.17) is 4.74 Å². The van der Waals surface area contributed by atoms with Crippen molar-refractivity contribution in [3.05, 3.63) is 66.0 Å². The van der Waals surface area contributed by atoms with E-state index in [-0.39, 0.29) is 28.9 Å². The van der Waals surface area contributed by atoms with Crippen LogP contribution in [0.2, 0.25) is 0 Å². The van der Waals surface area contributed by atoms with Crippen LogP contribution in [-0.2, 0) is 16.3 Å². The molecule has 5 rings (SSSR count). The van der Waals surface area contributed by atoms with Crippen molar-refractivity contribution >= 4 is 15.8 Å². The number of benzene rings is 2. The summed E-state index contributed by atoms with van der Waals surface area (Å²) in [6.07, 6.45) is 4.60. The molecule has 2 heterocycles. The van der Waals surface area contributed by atoms with Crippen LogP contribution < -0.4 is 9.64 Å². The second-order valence-corrected chi connectivity index (χ2v) is 11.4. The van der Waals surface area contributed by atoms with E-state index >= 15 is 0 Å². The Labute approximate surface area is 203 Å². The van der Waals surface area contributed by atoms with Crippen LogP contribution in [0.5, 0.6) is 5.75 Å². The Morgan fingerprint density at radius 3 is 2.11 bits per heavy atom. The number of aryl methyl sites for hydroxylation is 1. The molecular weight excluding hydrogens is 472 g/mol. The molecule has 0 spiro atoms. The summed E-state index contributed by atoms with van der Waals surface area (Å²) < 4.78 is 59.0. The van der Waals surface area contributed by atoms with E-state index in [0.29, 0.717) is 23.0 Å². The summed E-state index contributed by atoms with van der Waals surface area (Å²) in [7, 11) is -3.34. The summed E-state index contributed by atoms with van der Waals surface area (Å²) in [6, 6.07) is 8.43. The first-order valence-electron chi connectivity index (χ1n) is 11.8. The predicted molar refractivity (Wildman–Crippen MR) is 129 cm³/mol. The minimum absolute atomic E-state index is 0.0117. The number of hydrogen-bond donors (Lipinski definition) is 0. The Morgan fingerprint density at radius 2 is 1.57 bits per heavy atom. The molecule has 2 aromatic carbocycles. The zero-order valence-corrected chi connectivity index (χ0v) is 20.4. The van der Waals surface area contributed by atoms with Gasteiger partial charge in [-0.3, -0.25) is 0 Å². The lowest BCUT2D eigenvalue weighted by atomic mass is 10.1. The fourth-order valence-electron chi connectivity index (χ4n) is 4.82. The Hall–Kier alpha value is -3.07. The molecule has 9 heteroatoms. The van der Waals surface area contributed by atoms with Gasteiger partial charge in [0.05, 0.1) is 17.3 Å². The molecule has 0 bridgehead atoms. The number of halogens is 2. The topological polar surface area (TPSA) is 72.4 Å². The Kier molecular flexibility index (Phi) is 6.21. The maximum Gasteiger partial charge on any atom is 0.225 e. The van der Waals surface area contributed by atoms with E-state index < -0.39 is 21.5 Å². The summed E-state index contributed by atoms with van der Waals surface area (Å²) in [5, 5.41) is 0. The van der Waals surface area contributed by atoms with Gasteiger partial charge in [-0.15, -0.1) is 0 Å². The summed E-state index contributed by atoms with van der Waals surface area (Å²) in [6.45, 7) is 5.52. The Bertz CT molecular complexity index is 1300. The van der Waals surface area contributed by atoms with Crippen molar-refractivity contribution in [2.75, 3.05) is 30.3 Å². The zero-order chi connectivity index (χ0) is 24.7. The van der Waals surface area contributed by atoms with Crippen molar-refractivity contribution in [3.63, 3.8) is 0 Å². The highest BCUT2D eigenvalue weighted by Crippen LogP contribution is 2.52. The minimum Gasteiger partial charge on any atom is -0.487 e. The van der Waals surface area contributed by atoms with Gasteiger partial charge in [0, 0.05) is 31.4 Å². The lowest BCUT2D eigenvalue weighted by Crippen LogP contribution is -2.27. The highest BCUT2D eigenvalue weighted by molar-refractivity contribution is 7.91. The SMILES string of the molecule is CCc1cnc(N2CC3[C@@H](COc4c(F)cc(-c5ccc(S(=O)(=O)CC)cc5)cc4F)[C@@H]3C2)nc1. The van der Waals surface area contributed by atoms with E-state index in [0.717, 1.165) is 31.0 Å². The Morgan fingerprint density at radius 1 is 0.971 bits per heavy atom. The van der Waals surface area contributed by atoms with E-state index in [9.17, 15) is 17.2 Å². The second kappa shape index (κ2) is 9.18. The van der Waals surface area contributed by atoms with E-state index in [1.165, 1.54) is 24.3 Å². The first-order valence-corrected chi connectivity index (χ1v) is 13.5. The van der Waals surface area contributed by atoms with Crippen LogP contribution in [0.25, 0.3) is 11.1 Å². The summed E-state index contributed by atoms with van der Waals surface area (Å²) in [4.78, 5) is 11.2. The normalized spacial score (nSPS) is 21.1. The van der Waals surface area contributed by atoms with Crippen LogP contribution >= 0.6 is 0 Å². The monoisotopic (exact) mass is 499 g/mol. The van der Waals surface area contributed by atoms with Gasteiger partial charge in [-0.05, 0) is 59.2 Å². The maximum atomic E-state index is 14.7. The van der Waals surface area contributed by atoms with Gasteiger partial charge in [-0.25, -0.2) is 27.2 Å². The van der Waals surface area contributed by atoms with Crippen molar-refractivity contribution in [2.24, 2.45) is 17.8 Å². The maximum absolute atomic E-state index is 14.7. The van der Waals surface area contributed by atoms with Crippen LogP contribution in [0.1, 0.15) is 19.4 Å². The largest absolute Gasteiger partial charge is 0.487 e. The molecule has 0 radical (unpaired) electrons. The number of hydrogen-bond acceptors (Lipinski definition) is 6. The molecule has 3 aromatic rings. The quantitative estimate of drug-likeness (QED) is 0.453. The van der Waals surface area contributed by atoms with Crippen LogP contribution in [-0.4, -0.2) is 43.8 Å². The number of rotatable bonds is 8. The Balaban J connectivity index is 1.20. The van der Waals surface area contributed by atoms with Gasteiger partial charge < -0.3 is 9.64 Å². The number of anilines is 1. The van der Waals surface area contributed by atoms with Crippen LogP contribution in [0.3, 0.4) is 0 Å². The smallest absolute Gasteiger partial charge is 0.225 e. The average Bonchev–Trinajstić information content (AvgIpc) is 3.31. The molecule has 3 atom stereocenters. The zero-order valence-electron chi connectivity index (χ0n) is 19.6. The number of nitrogens with zero attached hydrogens (tertiary/aromatic N) is 3. The number of fused-ring (bicyclic) bond motifs is 1. The van der Waals surface area contributed by atoms with Gasteiger partial charge in [-0.2, -0.15) is 0 Å². The third-order valence-corrected chi connectivity index (χ3v) is 8.85. The fraction of sp³-hybridized carbons (Fsp3) is 0.385. The molecule has 1 aliphatic carbocycles. The standard InChI is InChI=1S/C26H27F2N3O3S/c1-3-16-11-29-26(30-12-16)31-13-20-21(14-31)22(20)15-34-25-23(27)9-18(10-24(25)28)17-5-7-19(8-6-17)35(32,33)4-2/h5-12,20-22H,3-4,13-15H2,1-2H3/t20-,21?,22+/m1/s1. The number of ether oxygens (including phenoxy) is 1. The molecule has 6 nitrogen and oxygen atoms in total. The molecule has 0 N–H and O–H groups in total. The highest BCUT2D eigenvalue weighted by Gasteiger charge is 2.56. The van der Waals surface area contributed by atoms with Crippen molar-refractivity contribution in [2.45, 2.75) is 25.2 Å². The number of sulfone groups is 1. The average molecular weight is 500 g/mol. The van der Waals surface area contributed by atoms with Gasteiger partial charge in [0.1, 0.15) is 0 Å². The summed E-state index contributed by atoms with van der Waals surface area (Å²) in [5.74, 6) is -0.138. The minimum atomic E-state index is -3.34. The van der Waals surface area contributed by atoms with Gasteiger partial charge in [0.2, 0.25) is 5.95 Å². The fourth-order valence-corrected chi connectivity index (χ4v) is 5.70. The number of piperidine rings is 1. The summed E-state index contributed by atoms with van der Waals surface area (Å²) >= 11 is 0. The first kappa shape index (κ1) is 23.7. The van der Waals surface area contributed by atoms with Crippen LogP contribution in [0.15, 0.2) is 53.7 Å². The molecule has 35 heavy (non-hydrogen) atoms. The molecule has 0 amide bonds. The lowest BCUT2D eigenvalue weighted by Gasteiger charge is -2.20. The van der Waals surface area contributed by atoms with Gasteiger partial charge in [0.25, 0.3) is 0 Å². The van der Waals surface area contributed by atoms with E-state index in [2.05, 4.69) is 21.8 Å². The van der Waals surface area contributed by atoms with E-state index in [1.54, 1.807) is 19.1 Å². The molecule has 184 valence electrons. The molecule has 2 aliphatic rings. The first-order chi connectivity index (χ1) is 16.8.